The van der Waals surface area contributed by atoms with Crippen molar-refractivity contribution in [2.75, 3.05) is 0 Å². The van der Waals surface area contributed by atoms with Gasteiger partial charge in [-0.15, -0.1) is 0 Å². The van der Waals surface area contributed by atoms with Gasteiger partial charge in [-0.3, -0.25) is 0 Å². The molecule has 0 bridgehead atoms. The molecule has 80 valence electrons. The molecule has 0 saturated heterocycles. The molecule has 0 aromatic carbocycles. The second-order valence-corrected chi connectivity index (χ2v) is 4.39. The molecule has 3 rings (SSSR count). The Morgan fingerprint density at radius 2 is 2.27 bits per heavy atom. The Morgan fingerprint density at radius 3 is 2.93 bits per heavy atom. The Morgan fingerprint density at radius 1 is 1.40 bits per heavy atom. The SMILES string of the molecule is NCc1cnn2ccn(CC3CCC3)c12. The topological polar surface area (TPSA) is 48.2 Å². The highest BCUT2D eigenvalue weighted by atomic mass is 15.3. The lowest BCUT2D eigenvalue weighted by Crippen LogP contribution is -2.18. The Kier molecular flexibility index (Phi) is 2.02. The summed E-state index contributed by atoms with van der Waals surface area (Å²) in [6.07, 6.45) is 10.1. The lowest BCUT2D eigenvalue weighted by molar-refractivity contribution is 0.279. The third kappa shape index (κ3) is 1.36. The van der Waals surface area contributed by atoms with Gasteiger partial charge in [0, 0.05) is 31.0 Å². The zero-order chi connectivity index (χ0) is 10.3. The highest BCUT2D eigenvalue weighted by Crippen LogP contribution is 2.28. The average molecular weight is 204 g/mol. The number of nitrogens with two attached hydrogens (primary N) is 1. The van der Waals surface area contributed by atoms with Crippen molar-refractivity contribution in [3.8, 4) is 0 Å². The first kappa shape index (κ1) is 8.97. The van der Waals surface area contributed by atoms with Crippen molar-refractivity contribution in [2.24, 2.45) is 11.7 Å². The Bertz CT molecular complexity index is 464. The largest absolute Gasteiger partial charge is 0.331 e. The fourth-order valence-electron chi connectivity index (χ4n) is 2.28. The summed E-state index contributed by atoms with van der Waals surface area (Å²) in [5.41, 5.74) is 8.01. The van der Waals surface area contributed by atoms with E-state index in [0.717, 1.165) is 18.0 Å². The highest BCUT2D eigenvalue weighted by Gasteiger charge is 2.19. The zero-order valence-corrected chi connectivity index (χ0v) is 8.76. The van der Waals surface area contributed by atoms with Gasteiger partial charge in [-0.25, -0.2) is 4.52 Å². The van der Waals surface area contributed by atoms with Crippen LogP contribution in [0.15, 0.2) is 18.6 Å². The van der Waals surface area contributed by atoms with E-state index < -0.39 is 0 Å². The van der Waals surface area contributed by atoms with E-state index in [-0.39, 0.29) is 0 Å². The summed E-state index contributed by atoms with van der Waals surface area (Å²) in [6.45, 7) is 1.69. The van der Waals surface area contributed by atoms with Crippen molar-refractivity contribution >= 4 is 5.65 Å². The van der Waals surface area contributed by atoms with E-state index >= 15 is 0 Å². The first-order chi connectivity index (χ1) is 7.38. The monoisotopic (exact) mass is 204 g/mol. The van der Waals surface area contributed by atoms with E-state index in [1.54, 1.807) is 0 Å². The van der Waals surface area contributed by atoms with Crippen LogP contribution < -0.4 is 5.73 Å². The molecule has 0 spiro atoms. The number of rotatable bonds is 3. The molecule has 1 aliphatic rings. The van der Waals surface area contributed by atoms with E-state index in [9.17, 15) is 0 Å². The summed E-state index contributed by atoms with van der Waals surface area (Å²) in [7, 11) is 0. The van der Waals surface area contributed by atoms with Gasteiger partial charge in [0.05, 0.1) is 6.20 Å². The summed E-state index contributed by atoms with van der Waals surface area (Å²) in [6, 6.07) is 0. The second kappa shape index (κ2) is 3.38. The van der Waals surface area contributed by atoms with Gasteiger partial charge < -0.3 is 10.3 Å². The third-order valence-corrected chi connectivity index (χ3v) is 3.40. The van der Waals surface area contributed by atoms with Crippen LogP contribution in [0.25, 0.3) is 5.65 Å². The minimum absolute atomic E-state index is 0.568. The predicted molar refractivity (Wildman–Crippen MR) is 58.4 cm³/mol. The number of hydrogen-bond acceptors (Lipinski definition) is 2. The van der Waals surface area contributed by atoms with Crippen LogP contribution in [0.3, 0.4) is 0 Å². The molecule has 0 amide bonds. The Hall–Kier alpha value is -1.29. The van der Waals surface area contributed by atoms with E-state index in [2.05, 4.69) is 15.9 Å². The normalized spacial score (nSPS) is 17.1. The third-order valence-electron chi connectivity index (χ3n) is 3.40. The van der Waals surface area contributed by atoms with Crippen LogP contribution >= 0.6 is 0 Å². The van der Waals surface area contributed by atoms with Crippen LogP contribution in [0.1, 0.15) is 24.8 Å². The van der Waals surface area contributed by atoms with Crippen molar-refractivity contribution in [3.63, 3.8) is 0 Å². The lowest BCUT2D eigenvalue weighted by Gasteiger charge is -2.25. The zero-order valence-electron chi connectivity index (χ0n) is 8.76. The summed E-state index contributed by atoms with van der Waals surface area (Å²) < 4.78 is 4.21. The van der Waals surface area contributed by atoms with Crippen molar-refractivity contribution in [1.29, 1.82) is 0 Å². The minimum atomic E-state index is 0.568. The first-order valence-electron chi connectivity index (χ1n) is 5.60. The van der Waals surface area contributed by atoms with Gasteiger partial charge in [-0.2, -0.15) is 5.10 Å². The van der Waals surface area contributed by atoms with Crippen LogP contribution in [0.2, 0.25) is 0 Å². The quantitative estimate of drug-likeness (QED) is 0.821. The summed E-state index contributed by atoms with van der Waals surface area (Å²) >= 11 is 0. The van der Waals surface area contributed by atoms with Crippen molar-refractivity contribution in [2.45, 2.75) is 32.4 Å². The number of aromatic nitrogens is 3. The summed E-state index contributed by atoms with van der Waals surface area (Å²) in [5, 5.41) is 4.28. The summed E-state index contributed by atoms with van der Waals surface area (Å²) in [4.78, 5) is 0. The maximum Gasteiger partial charge on any atom is 0.140 e. The second-order valence-electron chi connectivity index (χ2n) is 4.39. The Balaban J connectivity index is 1.97. The fourth-order valence-corrected chi connectivity index (χ4v) is 2.28. The molecule has 2 heterocycles. The molecular weight excluding hydrogens is 188 g/mol. The molecule has 0 aliphatic heterocycles. The van der Waals surface area contributed by atoms with E-state index in [1.807, 2.05) is 16.9 Å². The molecule has 2 N–H and O–H groups in total. The first-order valence-corrected chi connectivity index (χ1v) is 5.60. The Labute approximate surface area is 88.7 Å². The number of imidazole rings is 1. The number of fused-ring (bicyclic) bond motifs is 1. The molecule has 2 aromatic heterocycles. The van der Waals surface area contributed by atoms with Gasteiger partial charge in [-0.05, 0) is 18.8 Å². The van der Waals surface area contributed by atoms with Gasteiger partial charge in [0.1, 0.15) is 5.65 Å². The minimum Gasteiger partial charge on any atom is -0.331 e. The molecule has 1 fully saturated rings. The molecule has 0 radical (unpaired) electrons. The van der Waals surface area contributed by atoms with Crippen LogP contribution in [-0.4, -0.2) is 14.2 Å². The van der Waals surface area contributed by atoms with Gasteiger partial charge in [-0.1, -0.05) is 6.42 Å². The van der Waals surface area contributed by atoms with Crippen LogP contribution in [0.4, 0.5) is 0 Å². The standard InChI is InChI=1S/C11H16N4/c12-6-10-7-13-15-5-4-14(11(10)15)8-9-2-1-3-9/h4-5,7,9H,1-3,6,8,12H2. The molecule has 4 nitrogen and oxygen atoms in total. The smallest absolute Gasteiger partial charge is 0.140 e. The molecule has 15 heavy (non-hydrogen) atoms. The van der Waals surface area contributed by atoms with Crippen molar-refractivity contribution in [1.82, 2.24) is 14.2 Å². The number of nitrogens with zero attached hydrogens (tertiary/aromatic N) is 3. The molecular formula is C11H16N4. The van der Waals surface area contributed by atoms with Crippen LogP contribution in [0.5, 0.6) is 0 Å². The maximum absolute atomic E-state index is 5.70. The van der Waals surface area contributed by atoms with Gasteiger partial charge in [0.25, 0.3) is 0 Å². The van der Waals surface area contributed by atoms with Crippen LogP contribution in [-0.2, 0) is 13.1 Å². The average Bonchev–Trinajstić information content (AvgIpc) is 2.72. The highest BCUT2D eigenvalue weighted by molar-refractivity contribution is 5.47. The van der Waals surface area contributed by atoms with Gasteiger partial charge in [0.2, 0.25) is 0 Å². The molecule has 1 aliphatic carbocycles. The molecule has 1 saturated carbocycles. The molecule has 0 unspecified atom stereocenters. The molecule has 0 atom stereocenters. The van der Waals surface area contributed by atoms with E-state index in [4.69, 9.17) is 5.73 Å². The summed E-state index contributed by atoms with van der Waals surface area (Å²) in [5.74, 6) is 0.863. The molecule has 4 heteroatoms. The van der Waals surface area contributed by atoms with E-state index in [0.29, 0.717) is 6.54 Å². The van der Waals surface area contributed by atoms with E-state index in [1.165, 1.54) is 24.9 Å². The predicted octanol–water partition coefficient (Wildman–Crippen LogP) is 1.39. The van der Waals surface area contributed by atoms with Crippen molar-refractivity contribution in [3.05, 3.63) is 24.2 Å². The fraction of sp³-hybridized carbons (Fsp3) is 0.545. The van der Waals surface area contributed by atoms with Gasteiger partial charge >= 0.3 is 0 Å². The lowest BCUT2D eigenvalue weighted by atomic mass is 9.85. The van der Waals surface area contributed by atoms with Crippen LogP contribution in [0, 0.1) is 5.92 Å². The van der Waals surface area contributed by atoms with Crippen molar-refractivity contribution < 1.29 is 0 Å². The van der Waals surface area contributed by atoms with Gasteiger partial charge in [0.15, 0.2) is 0 Å². The number of hydrogen-bond donors (Lipinski definition) is 1. The maximum atomic E-state index is 5.70. The molecule has 2 aromatic rings.